The molecule has 0 aromatic heterocycles. The van der Waals surface area contributed by atoms with Crippen molar-refractivity contribution in [3.63, 3.8) is 0 Å². The molecule has 0 radical (unpaired) electrons. The Morgan fingerprint density at radius 1 is 0.839 bits per heavy atom. The molecule has 3 aromatic rings. The third-order valence-electron chi connectivity index (χ3n) is 4.75. The molecule has 3 rings (SSSR count). The van der Waals surface area contributed by atoms with Gasteiger partial charge in [0.05, 0.1) is 10.6 Å². The zero-order chi connectivity index (χ0) is 22.8. The first-order chi connectivity index (χ1) is 14.6. The van der Waals surface area contributed by atoms with Gasteiger partial charge in [0.2, 0.25) is 5.91 Å². The number of carbonyl (C=O) groups excluding carboxylic acids is 2. The highest BCUT2D eigenvalue weighted by Gasteiger charge is 2.23. The number of hydrogen-bond acceptors (Lipinski definition) is 4. The summed E-state index contributed by atoms with van der Waals surface area (Å²) in [6, 6.07) is 18.5. The van der Waals surface area contributed by atoms with Crippen molar-refractivity contribution in [2.75, 3.05) is 23.3 Å². The first kappa shape index (κ1) is 22.3. The molecule has 0 aliphatic rings. The Bertz CT molecular complexity index is 1240. The van der Waals surface area contributed by atoms with Gasteiger partial charge in [0.25, 0.3) is 15.9 Å². The fraction of sp³-hybridized carbons (Fsp3) is 0.0909. The lowest BCUT2D eigenvalue weighted by atomic mass is 10.1. The van der Waals surface area contributed by atoms with Gasteiger partial charge < -0.3 is 10.6 Å². The number of sulfonamides is 1. The summed E-state index contributed by atoms with van der Waals surface area (Å²) in [7, 11) is -0.943. The van der Waals surface area contributed by atoms with Crippen LogP contribution in [0.15, 0.2) is 77.7 Å². The second-order valence-electron chi connectivity index (χ2n) is 6.76. The SMILES string of the molecule is CN(C(=O)c1cccc(S(=O)(=O)N(C)c2cccc(Cl)c2)c1)c1ccc(C(N)=O)cc1. The van der Waals surface area contributed by atoms with Gasteiger partial charge in [-0.2, -0.15) is 0 Å². The Morgan fingerprint density at radius 3 is 2.10 bits per heavy atom. The first-order valence-electron chi connectivity index (χ1n) is 9.14. The van der Waals surface area contributed by atoms with Crippen LogP contribution in [0.1, 0.15) is 20.7 Å². The molecule has 0 saturated heterocycles. The molecule has 0 spiro atoms. The average Bonchev–Trinajstić information content (AvgIpc) is 2.77. The van der Waals surface area contributed by atoms with Crippen LogP contribution in [0.2, 0.25) is 5.02 Å². The van der Waals surface area contributed by atoms with E-state index in [0.29, 0.717) is 22.0 Å². The van der Waals surface area contributed by atoms with Crippen LogP contribution in [0.25, 0.3) is 0 Å². The molecule has 0 heterocycles. The van der Waals surface area contributed by atoms with Gasteiger partial charge in [0.15, 0.2) is 0 Å². The predicted octanol–water partition coefficient (Wildman–Crippen LogP) is 3.54. The standard InChI is InChI=1S/C22H20ClN3O4S/c1-25(18-11-9-15(10-12-18)21(24)27)22(28)16-5-3-8-20(13-16)31(29,30)26(2)19-7-4-6-17(23)14-19/h3-14H,1-2H3,(H2,24,27). The average molecular weight is 458 g/mol. The number of amides is 2. The van der Waals surface area contributed by atoms with Gasteiger partial charge in [-0.05, 0) is 60.7 Å². The van der Waals surface area contributed by atoms with Gasteiger partial charge in [0.1, 0.15) is 0 Å². The molecule has 0 aliphatic carbocycles. The molecular weight excluding hydrogens is 438 g/mol. The number of halogens is 1. The summed E-state index contributed by atoms with van der Waals surface area (Å²) in [5.41, 5.74) is 6.68. The molecule has 3 aromatic carbocycles. The van der Waals surface area contributed by atoms with E-state index in [2.05, 4.69) is 0 Å². The number of anilines is 2. The number of hydrogen-bond donors (Lipinski definition) is 1. The zero-order valence-electron chi connectivity index (χ0n) is 16.8. The minimum Gasteiger partial charge on any atom is -0.366 e. The van der Waals surface area contributed by atoms with Gasteiger partial charge in [-0.3, -0.25) is 13.9 Å². The molecule has 0 fully saturated rings. The van der Waals surface area contributed by atoms with Crippen LogP contribution in [0, 0.1) is 0 Å². The van der Waals surface area contributed by atoms with E-state index >= 15 is 0 Å². The molecule has 0 saturated carbocycles. The first-order valence-corrected chi connectivity index (χ1v) is 11.0. The van der Waals surface area contributed by atoms with Gasteiger partial charge >= 0.3 is 0 Å². The fourth-order valence-corrected chi connectivity index (χ4v) is 4.34. The molecule has 7 nitrogen and oxygen atoms in total. The molecule has 31 heavy (non-hydrogen) atoms. The van der Waals surface area contributed by atoms with Gasteiger partial charge in [0, 0.05) is 35.9 Å². The predicted molar refractivity (Wildman–Crippen MR) is 121 cm³/mol. The Kier molecular flexibility index (Phi) is 6.33. The van der Waals surface area contributed by atoms with E-state index in [4.69, 9.17) is 17.3 Å². The summed E-state index contributed by atoms with van der Waals surface area (Å²) < 4.78 is 27.3. The van der Waals surface area contributed by atoms with Crippen LogP contribution in [0.4, 0.5) is 11.4 Å². The third-order valence-corrected chi connectivity index (χ3v) is 6.77. The maximum Gasteiger partial charge on any atom is 0.264 e. The molecular formula is C22H20ClN3O4S. The maximum absolute atomic E-state index is 13.1. The third kappa shape index (κ3) is 4.70. The molecule has 0 aliphatic heterocycles. The number of benzene rings is 3. The number of nitrogens with zero attached hydrogens (tertiary/aromatic N) is 2. The van der Waals surface area contributed by atoms with Gasteiger partial charge in [-0.1, -0.05) is 23.7 Å². The van der Waals surface area contributed by atoms with E-state index in [-0.39, 0.29) is 10.5 Å². The second-order valence-corrected chi connectivity index (χ2v) is 9.16. The summed E-state index contributed by atoms with van der Waals surface area (Å²) in [6.07, 6.45) is 0. The monoisotopic (exact) mass is 457 g/mol. The van der Waals surface area contributed by atoms with E-state index in [0.717, 1.165) is 4.31 Å². The molecule has 0 atom stereocenters. The van der Waals surface area contributed by atoms with Crippen LogP contribution in [0.3, 0.4) is 0 Å². The van der Waals surface area contributed by atoms with E-state index in [1.165, 1.54) is 54.4 Å². The molecule has 9 heteroatoms. The Hall–Kier alpha value is -3.36. The van der Waals surface area contributed by atoms with Crippen molar-refractivity contribution in [1.82, 2.24) is 0 Å². The van der Waals surface area contributed by atoms with Gasteiger partial charge in [-0.25, -0.2) is 8.42 Å². The van der Waals surface area contributed by atoms with Crippen molar-refractivity contribution >= 4 is 44.8 Å². The van der Waals surface area contributed by atoms with Crippen LogP contribution < -0.4 is 14.9 Å². The Balaban J connectivity index is 1.89. The van der Waals surface area contributed by atoms with Crippen LogP contribution in [-0.2, 0) is 10.0 Å². The molecule has 0 bridgehead atoms. The summed E-state index contributed by atoms with van der Waals surface area (Å²) in [5.74, 6) is -0.975. The topological polar surface area (TPSA) is 101 Å². The van der Waals surface area contributed by atoms with Crippen LogP contribution in [0.5, 0.6) is 0 Å². The van der Waals surface area contributed by atoms with Crippen LogP contribution >= 0.6 is 11.6 Å². The summed E-state index contributed by atoms with van der Waals surface area (Å²) in [5, 5.41) is 0.410. The minimum atomic E-state index is -3.92. The lowest BCUT2D eigenvalue weighted by molar-refractivity contribution is 0.0989. The molecule has 2 amide bonds. The van der Waals surface area contributed by atoms with Crippen molar-refractivity contribution in [3.8, 4) is 0 Å². The maximum atomic E-state index is 13.1. The van der Waals surface area contributed by atoms with Crippen molar-refractivity contribution in [3.05, 3.63) is 88.9 Å². The number of primary amides is 1. The van der Waals surface area contributed by atoms with E-state index in [1.54, 1.807) is 37.4 Å². The van der Waals surface area contributed by atoms with E-state index < -0.39 is 21.8 Å². The molecule has 0 unspecified atom stereocenters. The van der Waals surface area contributed by atoms with Crippen molar-refractivity contribution in [1.29, 1.82) is 0 Å². The number of nitrogens with two attached hydrogens (primary N) is 1. The van der Waals surface area contributed by atoms with Crippen molar-refractivity contribution in [2.45, 2.75) is 4.90 Å². The highest BCUT2D eigenvalue weighted by atomic mass is 35.5. The summed E-state index contributed by atoms with van der Waals surface area (Å²) in [4.78, 5) is 25.5. The van der Waals surface area contributed by atoms with E-state index in [1.807, 2.05) is 0 Å². The molecule has 2 N–H and O–H groups in total. The minimum absolute atomic E-state index is 0.0294. The number of rotatable bonds is 6. The largest absolute Gasteiger partial charge is 0.366 e. The van der Waals surface area contributed by atoms with E-state index in [9.17, 15) is 18.0 Å². The number of carbonyl (C=O) groups is 2. The smallest absolute Gasteiger partial charge is 0.264 e. The van der Waals surface area contributed by atoms with Gasteiger partial charge in [-0.15, -0.1) is 0 Å². The summed E-state index contributed by atoms with van der Waals surface area (Å²) >= 11 is 5.97. The van der Waals surface area contributed by atoms with Crippen molar-refractivity contribution < 1.29 is 18.0 Å². The lowest BCUT2D eigenvalue weighted by Gasteiger charge is -2.21. The fourth-order valence-electron chi connectivity index (χ4n) is 2.92. The highest BCUT2D eigenvalue weighted by Crippen LogP contribution is 2.25. The Morgan fingerprint density at radius 2 is 1.48 bits per heavy atom. The van der Waals surface area contributed by atoms with Crippen molar-refractivity contribution in [2.24, 2.45) is 5.73 Å². The summed E-state index contributed by atoms with van der Waals surface area (Å²) in [6.45, 7) is 0. The zero-order valence-corrected chi connectivity index (χ0v) is 18.4. The highest BCUT2D eigenvalue weighted by molar-refractivity contribution is 7.92. The normalized spacial score (nSPS) is 11.1. The Labute approximate surface area is 185 Å². The lowest BCUT2D eigenvalue weighted by Crippen LogP contribution is -2.28. The molecule has 160 valence electrons. The quantitative estimate of drug-likeness (QED) is 0.611. The van der Waals surface area contributed by atoms with Crippen LogP contribution in [-0.4, -0.2) is 34.3 Å². The second kappa shape index (κ2) is 8.79.